The van der Waals surface area contributed by atoms with Crippen LogP contribution in [0.2, 0.25) is 5.02 Å². The van der Waals surface area contributed by atoms with Gasteiger partial charge in [0.05, 0.1) is 23.4 Å². The van der Waals surface area contributed by atoms with Gasteiger partial charge in [-0.1, -0.05) is 17.7 Å². The molecule has 8 heteroatoms. The third kappa shape index (κ3) is 2.64. The summed E-state index contributed by atoms with van der Waals surface area (Å²) >= 11 is 5.99. The summed E-state index contributed by atoms with van der Waals surface area (Å²) in [6, 6.07) is 5.07. The minimum absolute atomic E-state index is 0.105. The van der Waals surface area contributed by atoms with E-state index in [0.717, 1.165) is 12.4 Å². The summed E-state index contributed by atoms with van der Waals surface area (Å²) in [5.41, 5.74) is 5.17. The van der Waals surface area contributed by atoms with Gasteiger partial charge >= 0.3 is 0 Å². The van der Waals surface area contributed by atoms with Gasteiger partial charge in [0.25, 0.3) is 5.56 Å². The van der Waals surface area contributed by atoms with E-state index in [2.05, 4.69) is 9.97 Å². The Hall–Kier alpha value is -2.51. The van der Waals surface area contributed by atoms with Crippen LogP contribution in [0, 0.1) is 18.2 Å². The Morgan fingerprint density at radius 2 is 2.04 bits per heavy atom. The van der Waals surface area contributed by atoms with E-state index >= 15 is 0 Å². The number of aromatic nitrogens is 2. The predicted molar refractivity (Wildman–Crippen MR) is 81.4 cm³/mol. The van der Waals surface area contributed by atoms with Crippen molar-refractivity contribution in [2.75, 3.05) is 0 Å². The number of aromatic amines is 1. The Morgan fingerprint density at radius 3 is 2.78 bits per heavy atom. The van der Waals surface area contributed by atoms with E-state index in [1.54, 1.807) is 0 Å². The van der Waals surface area contributed by atoms with Gasteiger partial charge in [-0.05, 0) is 23.8 Å². The average molecular weight is 337 g/mol. The molecule has 117 valence electrons. The van der Waals surface area contributed by atoms with Crippen LogP contribution < -0.4 is 16.0 Å². The predicted octanol–water partition coefficient (Wildman–Crippen LogP) is 3.12. The van der Waals surface area contributed by atoms with Crippen molar-refractivity contribution < 1.29 is 13.5 Å². The van der Waals surface area contributed by atoms with Crippen molar-refractivity contribution in [1.82, 2.24) is 9.97 Å². The van der Waals surface area contributed by atoms with Crippen LogP contribution in [0.25, 0.3) is 10.9 Å². The van der Waals surface area contributed by atoms with Crippen LogP contribution in [0.1, 0.15) is 5.56 Å². The summed E-state index contributed by atoms with van der Waals surface area (Å²) in [5, 5.41) is -0.393. The topological polar surface area (TPSA) is 81.0 Å². The summed E-state index contributed by atoms with van der Waals surface area (Å²) in [4.78, 5) is 17.8. The SMILES string of the molecule is N[CH]c1ccc(F)c(Oc2ccc3nc[nH]c(=O)c3c2F)c1Cl. The van der Waals surface area contributed by atoms with E-state index in [0.29, 0.717) is 5.56 Å². The molecule has 0 aliphatic heterocycles. The third-order valence-corrected chi connectivity index (χ3v) is 3.57. The lowest BCUT2D eigenvalue weighted by molar-refractivity contribution is 0.417. The minimum atomic E-state index is -0.963. The molecule has 0 unspecified atom stereocenters. The zero-order valence-corrected chi connectivity index (χ0v) is 12.2. The van der Waals surface area contributed by atoms with Gasteiger partial charge in [-0.2, -0.15) is 0 Å². The van der Waals surface area contributed by atoms with Crippen molar-refractivity contribution in [3.8, 4) is 11.5 Å². The highest BCUT2D eigenvalue weighted by molar-refractivity contribution is 6.33. The number of fused-ring (bicyclic) bond motifs is 1. The highest BCUT2D eigenvalue weighted by atomic mass is 35.5. The Balaban J connectivity index is 2.15. The lowest BCUT2D eigenvalue weighted by atomic mass is 10.2. The molecule has 0 fully saturated rings. The molecule has 1 heterocycles. The number of benzene rings is 2. The van der Waals surface area contributed by atoms with Crippen molar-refractivity contribution in [1.29, 1.82) is 0 Å². The summed E-state index contributed by atoms with van der Waals surface area (Å²) in [7, 11) is 0. The van der Waals surface area contributed by atoms with Crippen molar-refractivity contribution >= 4 is 22.5 Å². The molecule has 3 aromatic rings. The van der Waals surface area contributed by atoms with Gasteiger partial charge in [-0.15, -0.1) is 0 Å². The molecular formula is C15H9ClF2N3O2. The zero-order chi connectivity index (χ0) is 16.6. The van der Waals surface area contributed by atoms with Gasteiger partial charge in [-0.25, -0.2) is 13.8 Å². The lowest BCUT2D eigenvalue weighted by Crippen LogP contribution is -2.09. The number of hydrogen-bond donors (Lipinski definition) is 2. The first-order valence-corrected chi connectivity index (χ1v) is 6.77. The van der Waals surface area contributed by atoms with E-state index < -0.39 is 17.2 Å². The Morgan fingerprint density at radius 1 is 1.26 bits per heavy atom. The molecule has 0 atom stereocenters. The molecule has 0 saturated carbocycles. The standard InChI is InChI=1S/C15H9ClF2N3O2/c16-12-7(5-19)1-2-8(17)14(12)23-10-4-3-9-11(13(10)18)15(22)21-6-20-9/h1-6H,19H2,(H,20,21,22). The maximum atomic E-state index is 14.5. The fourth-order valence-electron chi connectivity index (χ4n) is 2.06. The molecule has 1 aromatic heterocycles. The van der Waals surface area contributed by atoms with Crippen molar-refractivity contribution in [3.05, 3.63) is 69.7 Å². The minimum Gasteiger partial charge on any atom is -0.450 e. The van der Waals surface area contributed by atoms with Gasteiger partial charge in [0.2, 0.25) is 0 Å². The van der Waals surface area contributed by atoms with E-state index in [-0.39, 0.29) is 27.4 Å². The summed E-state index contributed by atoms with van der Waals surface area (Å²) in [5.74, 6) is -2.50. The van der Waals surface area contributed by atoms with Gasteiger partial charge in [0.1, 0.15) is 5.39 Å². The second kappa shape index (κ2) is 5.94. The summed E-state index contributed by atoms with van der Waals surface area (Å²) < 4.78 is 33.6. The lowest BCUT2D eigenvalue weighted by Gasteiger charge is -2.12. The Labute approximate surface area is 133 Å². The number of halogens is 3. The molecule has 23 heavy (non-hydrogen) atoms. The van der Waals surface area contributed by atoms with Crippen LogP contribution in [-0.4, -0.2) is 9.97 Å². The first kappa shape index (κ1) is 15.4. The van der Waals surface area contributed by atoms with Gasteiger partial charge < -0.3 is 15.5 Å². The number of ether oxygens (including phenoxy) is 1. The van der Waals surface area contributed by atoms with Crippen LogP contribution in [-0.2, 0) is 0 Å². The molecule has 0 aliphatic rings. The zero-order valence-electron chi connectivity index (χ0n) is 11.4. The number of rotatable bonds is 3. The second-order valence-electron chi connectivity index (χ2n) is 4.55. The largest absolute Gasteiger partial charge is 0.450 e. The molecule has 3 rings (SSSR count). The Kier molecular flexibility index (Phi) is 3.97. The van der Waals surface area contributed by atoms with E-state index in [4.69, 9.17) is 22.1 Å². The maximum absolute atomic E-state index is 14.5. The van der Waals surface area contributed by atoms with Crippen LogP contribution in [0.5, 0.6) is 11.5 Å². The van der Waals surface area contributed by atoms with Crippen molar-refractivity contribution in [2.24, 2.45) is 5.73 Å². The van der Waals surface area contributed by atoms with Crippen molar-refractivity contribution in [2.45, 2.75) is 0 Å². The van der Waals surface area contributed by atoms with Crippen LogP contribution in [0.4, 0.5) is 8.78 Å². The number of nitrogens with zero attached hydrogens (tertiary/aromatic N) is 1. The molecule has 0 aliphatic carbocycles. The molecule has 1 radical (unpaired) electrons. The quantitative estimate of drug-likeness (QED) is 0.770. The molecule has 5 nitrogen and oxygen atoms in total. The number of nitrogens with two attached hydrogens (primary N) is 1. The van der Waals surface area contributed by atoms with Crippen molar-refractivity contribution in [3.63, 3.8) is 0 Å². The summed E-state index contributed by atoms with van der Waals surface area (Å²) in [6.07, 6.45) is 1.15. The Bertz CT molecular complexity index is 959. The maximum Gasteiger partial charge on any atom is 0.261 e. The van der Waals surface area contributed by atoms with Crippen LogP contribution in [0.3, 0.4) is 0 Å². The van der Waals surface area contributed by atoms with E-state index in [1.165, 1.54) is 24.7 Å². The van der Waals surface area contributed by atoms with Crippen LogP contribution in [0.15, 0.2) is 35.4 Å². The number of hydrogen-bond acceptors (Lipinski definition) is 4. The number of nitrogens with one attached hydrogen (secondary N) is 1. The first-order chi connectivity index (χ1) is 11.0. The van der Waals surface area contributed by atoms with E-state index in [1.807, 2.05) is 0 Å². The van der Waals surface area contributed by atoms with Gasteiger partial charge in [-0.3, -0.25) is 4.79 Å². The highest BCUT2D eigenvalue weighted by Crippen LogP contribution is 2.36. The molecule has 0 spiro atoms. The van der Waals surface area contributed by atoms with Gasteiger partial charge in [0.15, 0.2) is 23.1 Å². The fourth-order valence-corrected chi connectivity index (χ4v) is 2.32. The average Bonchev–Trinajstić information content (AvgIpc) is 2.53. The van der Waals surface area contributed by atoms with Crippen LogP contribution >= 0.6 is 11.6 Å². The van der Waals surface area contributed by atoms with E-state index in [9.17, 15) is 13.6 Å². The normalized spacial score (nSPS) is 11.0. The van der Waals surface area contributed by atoms with Gasteiger partial charge in [0, 0.05) is 0 Å². The molecule has 0 bridgehead atoms. The fraction of sp³-hybridized carbons (Fsp3) is 0. The first-order valence-electron chi connectivity index (χ1n) is 6.39. The second-order valence-corrected chi connectivity index (χ2v) is 4.93. The molecule has 2 aromatic carbocycles. The third-order valence-electron chi connectivity index (χ3n) is 3.18. The smallest absolute Gasteiger partial charge is 0.261 e. The highest BCUT2D eigenvalue weighted by Gasteiger charge is 2.18. The number of H-pyrrole nitrogens is 1. The summed E-state index contributed by atoms with van der Waals surface area (Å²) in [6.45, 7) is 1.17. The molecule has 0 saturated heterocycles. The monoisotopic (exact) mass is 336 g/mol. The molecule has 3 N–H and O–H groups in total. The molecular weight excluding hydrogens is 328 g/mol. The molecule has 0 amide bonds.